The lowest BCUT2D eigenvalue weighted by Crippen LogP contribution is -2.36. The van der Waals surface area contributed by atoms with Crippen LogP contribution >= 0.6 is 0 Å². The van der Waals surface area contributed by atoms with Crippen LogP contribution in [0.4, 0.5) is 0 Å². The highest BCUT2D eigenvalue weighted by atomic mass is 16.5. The van der Waals surface area contributed by atoms with E-state index in [4.69, 9.17) is 14.9 Å². The molecule has 0 spiro atoms. The molecule has 0 aromatic carbocycles. The Balaban J connectivity index is 1.59. The molecule has 1 aliphatic heterocycles. The second-order valence-corrected chi connectivity index (χ2v) is 4.54. The topological polar surface area (TPSA) is 51.6 Å². The summed E-state index contributed by atoms with van der Waals surface area (Å²) in [6.45, 7) is 5.63. The van der Waals surface area contributed by atoms with E-state index in [1.165, 1.54) is 24.9 Å². The van der Waals surface area contributed by atoms with Gasteiger partial charge in [-0.1, -0.05) is 0 Å². The van der Waals surface area contributed by atoms with E-state index in [0.717, 1.165) is 38.5 Å². The normalized spacial score (nSPS) is 17.5. The van der Waals surface area contributed by atoms with Crippen LogP contribution in [0.1, 0.15) is 24.2 Å². The van der Waals surface area contributed by atoms with Gasteiger partial charge in [-0.3, -0.25) is 4.90 Å². The van der Waals surface area contributed by atoms with Crippen LogP contribution in [0.3, 0.4) is 0 Å². The molecular formula is C13H22N2O2. The Labute approximate surface area is 103 Å². The highest BCUT2D eigenvalue weighted by Gasteiger charge is 2.09. The summed E-state index contributed by atoms with van der Waals surface area (Å²) in [6.07, 6.45) is 5.37. The first kappa shape index (κ1) is 12.6. The molecule has 1 aliphatic rings. The quantitative estimate of drug-likeness (QED) is 0.761. The molecule has 0 bridgehead atoms. The largest absolute Gasteiger partial charge is 0.468 e. The van der Waals surface area contributed by atoms with Crippen molar-refractivity contribution in [1.82, 2.24) is 4.90 Å². The maximum Gasteiger partial charge on any atom is 0.117 e. The van der Waals surface area contributed by atoms with Gasteiger partial charge in [-0.05, 0) is 37.4 Å². The smallest absolute Gasteiger partial charge is 0.117 e. The Morgan fingerprint density at radius 1 is 1.24 bits per heavy atom. The van der Waals surface area contributed by atoms with Crippen LogP contribution in [0.25, 0.3) is 0 Å². The predicted octanol–water partition coefficient (Wildman–Crippen LogP) is 1.39. The Hall–Kier alpha value is -0.840. The van der Waals surface area contributed by atoms with E-state index in [0.29, 0.717) is 6.54 Å². The summed E-state index contributed by atoms with van der Waals surface area (Å²) in [4.78, 5) is 2.48. The molecule has 0 amide bonds. The standard InChI is InChI=1S/C13H22N2O2/c14-10-13-9-12(11-17-13)3-1-2-4-15-5-7-16-8-6-15/h9,11H,1-8,10,14H2. The molecule has 0 aliphatic carbocycles. The molecule has 2 rings (SSSR count). The molecule has 96 valence electrons. The first-order chi connectivity index (χ1) is 8.38. The molecule has 0 saturated carbocycles. The number of furan rings is 1. The van der Waals surface area contributed by atoms with E-state index < -0.39 is 0 Å². The average Bonchev–Trinajstić information content (AvgIpc) is 2.84. The number of hydrogen-bond donors (Lipinski definition) is 1. The van der Waals surface area contributed by atoms with E-state index >= 15 is 0 Å². The van der Waals surface area contributed by atoms with Crippen molar-refractivity contribution in [2.24, 2.45) is 5.73 Å². The van der Waals surface area contributed by atoms with Crippen molar-refractivity contribution in [2.75, 3.05) is 32.8 Å². The summed E-state index contributed by atoms with van der Waals surface area (Å²) in [5.41, 5.74) is 6.77. The number of nitrogens with zero attached hydrogens (tertiary/aromatic N) is 1. The van der Waals surface area contributed by atoms with Gasteiger partial charge in [-0.25, -0.2) is 0 Å². The van der Waals surface area contributed by atoms with Gasteiger partial charge in [0.15, 0.2) is 0 Å². The van der Waals surface area contributed by atoms with Crippen molar-refractivity contribution >= 4 is 0 Å². The third-order valence-electron chi connectivity index (χ3n) is 3.20. The molecule has 1 aromatic heterocycles. The third kappa shape index (κ3) is 4.15. The van der Waals surface area contributed by atoms with Crippen LogP contribution in [-0.4, -0.2) is 37.7 Å². The molecule has 1 aromatic rings. The zero-order chi connectivity index (χ0) is 11.9. The fourth-order valence-electron chi connectivity index (χ4n) is 2.15. The Kier molecular flexibility index (Phi) is 5.04. The van der Waals surface area contributed by atoms with Gasteiger partial charge in [0, 0.05) is 13.1 Å². The second-order valence-electron chi connectivity index (χ2n) is 4.54. The lowest BCUT2D eigenvalue weighted by atomic mass is 10.1. The minimum absolute atomic E-state index is 0.494. The van der Waals surface area contributed by atoms with Crippen LogP contribution in [-0.2, 0) is 17.7 Å². The molecule has 1 fully saturated rings. The summed E-state index contributed by atoms with van der Waals surface area (Å²) in [7, 11) is 0. The molecule has 0 unspecified atom stereocenters. The number of hydrogen-bond acceptors (Lipinski definition) is 4. The molecule has 2 N–H and O–H groups in total. The van der Waals surface area contributed by atoms with Gasteiger partial charge < -0.3 is 14.9 Å². The molecule has 1 saturated heterocycles. The molecular weight excluding hydrogens is 216 g/mol. The van der Waals surface area contributed by atoms with Gasteiger partial charge in [-0.15, -0.1) is 0 Å². The summed E-state index contributed by atoms with van der Waals surface area (Å²) >= 11 is 0. The molecule has 4 nitrogen and oxygen atoms in total. The molecule has 2 heterocycles. The number of nitrogens with two attached hydrogens (primary N) is 1. The summed E-state index contributed by atoms with van der Waals surface area (Å²) in [6, 6.07) is 2.06. The van der Waals surface area contributed by atoms with E-state index in [1.807, 2.05) is 6.26 Å². The van der Waals surface area contributed by atoms with Crippen LogP contribution in [0, 0.1) is 0 Å². The van der Waals surface area contributed by atoms with Crippen LogP contribution in [0.2, 0.25) is 0 Å². The lowest BCUT2D eigenvalue weighted by Gasteiger charge is -2.26. The van der Waals surface area contributed by atoms with E-state index in [-0.39, 0.29) is 0 Å². The summed E-state index contributed by atoms with van der Waals surface area (Å²) in [5, 5.41) is 0. The number of ether oxygens (including phenoxy) is 1. The SMILES string of the molecule is NCc1cc(CCCCN2CCOCC2)co1. The lowest BCUT2D eigenvalue weighted by molar-refractivity contribution is 0.0372. The highest BCUT2D eigenvalue weighted by molar-refractivity contribution is 5.12. The molecule has 17 heavy (non-hydrogen) atoms. The summed E-state index contributed by atoms with van der Waals surface area (Å²) in [5.74, 6) is 0.883. The summed E-state index contributed by atoms with van der Waals surface area (Å²) < 4.78 is 10.6. The maximum absolute atomic E-state index is 5.50. The van der Waals surface area contributed by atoms with E-state index in [2.05, 4.69) is 11.0 Å². The number of morpholine rings is 1. The van der Waals surface area contributed by atoms with Crippen LogP contribution in [0.5, 0.6) is 0 Å². The highest BCUT2D eigenvalue weighted by Crippen LogP contribution is 2.11. The third-order valence-corrected chi connectivity index (χ3v) is 3.20. The van der Waals surface area contributed by atoms with Crippen LogP contribution < -0.4 is 5.73 Å². The van der Waals surface area contributed by atoms with Gasteiger partial charge in [0.05, 0.1) is 26.0 Å². The fraction of sp³-hybridized carbons (Fsp3) is 0.692. The minimum Gasteiger partial charge on any atom is -0.468 e. The second kappa shape index (κ2) is 6.79. The first-order valence-electron chi connectivity index (χ1n) is 6.45. The van der Waals surface area contributed by atoms with Crippen molar-refractivity contribution in [2.45, 2.75) is 25.8 Å². The fourth-order valence-corrected chi connectivity index (χ4v) is 2.15. The van der Waals surface area contributed by atoms with Crippen LogP contribution in [0.15, 0.2) is 16.7 Å². The van der Waals surface area contributed by atoms with Gasteiger partial charge in [0.1, 0.15) is 5.76 Å². The number of unbranched alkanes of at least 4 members (excludes halogenated alkanes) is 1. The Bertz CT molecular complexity index is 319. The van der Waals surface area contributed by atoms with Gasteiger partial charge in [0.25, 0.3) is 0 Å². The van der Waals surface area contributed by atoms with Gasteiger partial charge in [-0.2, -0.15) is 0 Å². The Morgan fingerprint density at radius 2 is 2.06 bits per heavy atom. The average molecular weight is 238 g/mol. The molecule has 4 heteroatoms. The number of rotatable bonds is 6. The Morgan fingerprint density at radius 3 is 2.76 bits per heavy atom. The zero-order valence-electron chi connectivity index (χ0n) is 10.4. The van der Waals surface area contributed by atoms with E-state index in [9.17, 15) is 0 Å². The number of aryl methyl sites for hydroxylation is 1. The van der Waals surface area contributed by atoms with Crippen molar-refractivity contribution in [3.05, 3.63) is 23.7 Å². The van der Waals surface area contributed by atoms with Crippen molar-refractivity contribution in [1.29, 1.82) is 0 Å². The minimum atomic E-state index is 0.494. The molecule has 0 atom stereocenters. The first-order valence-corrected chi connectivity index (χ1v) is 6.45. The van der Waals surface area contributed by atoms with Crippen molar-refractivity contribution < 1.29 is 9.15 Å². The van der Waals surface area contributed by atoms with E-state index in [1.54, 1.807) is 0 Å². The monoisotopic (exact) mass is 238 g/mol. The van der Waals surface area contributed by atoms with Gasteiger partial charge >= 0.3 is 0 Å². The van der Waals surface area contributed by atoms with Crippen molar-refractivity contribution in [3.63, 3.8) is 0 Å². The maximum atomic E-state index is 5.50. The van der Waals surface area contributed by atoms with Gasteiger partial charge in [0.2, 0.25) is 0 Å². The zero-order valence-corrected chi connectivity index (χ0v) is 10.4. The predicted molar refractivity (Wildman–Crippen MR) is 66.8 cm³/mol. The molecule has 0 radical (unpaired) electrons. The van der Waals surface area contributed by atoms with Crippen molar-refractivity contribution in [3.8, 4) is 0 Å².